The van der Waals surface area contributed by atoms with E-state index >= 15 is 0 Å². The fraction of sp³-hybridized carbons (Fsp3) is 0.286. The molecule has 0 spiro atoms. The van der Waals surface area contributed by atoms with E-state index in [1.165, 1.54) is 4.88 Å². The zero-order valence-corrected chi connectivity index (χ0v) is 13.9. The lowest BCUT2D eigenvalue weighted by Crippen LogP contribution is -2.17. The number of thiophene rings is 1. The normalized spacial score (nSPS) is 14.6. The molecular formula is C14H13BrClNO2S. The van der Waals surface area contributed by atoms with Crippen LogP contribution in [0.3, 0.4) is 0 Å². The Morgan fingerprint density at radius 1 is 1.35 bits per heavy atom. The maximum absolute atomic E-state index is 5.96. The molecule has 1 aromatic carbocycles. The van der Waals surface area contributed by atoms with Crippen molar-refractivity contribution < 1.29 is 9.47 Å². The minimum Gasteiger partial charge on any atom is -0.454 e. The number of nitrogens with one attached hydrogen (secondary N) is 1. The topological polar surface area (TPSA) is 30.5 Å². The number of benzene rings is 1. The number of hydrogen-bond acceptors (Lipinski definition) is 4. The van der Waals surface area contributed by atoms with E-state index in [2.05, 4.69) is 34.2 Å². The smallest absolute Gasteiger partial charge is 0.231 e. The fourth-order valence-corrected chi connectivity index (χ4v) is 3.57. The largest absolute Gasteiger partial charge is 0.454 e. The van der Waals surface area contributed by atoms with E-state index in [9.17, 15) is 0 Å². The number of fused-ring (bicyclic) bond motifs is 1. The summed E-state index contributed by atoms with van der Waals surface area (Å²) in [5.41, 5.74) is 1.14. The summed E-state index contributed by atoms with van der Waals surface area (Å²) in [7, 11) is 0. The van der Waals surface area contributed by atoms with Gasteiger partial charge in [0.15, 0.2) is 11.5 Å². The van der Waals surface area contributed by atoms with Crippen molar-refractivity contribution in [2.24, 2.45) is 0 Å². The average Bonchev–Trinajstić information content (AvgIpc) is 3.04. The molecule has 106 valence electrons. The molecule has 1 atom stereocenters. The minimum atomic E-state index is 0.254. The van der Waals surface area contributed by atoms with Gasteiger partial charge in [-0.25, -0.2) is 0 Å². The van der Waals surface area contributed by atoms with Crippen molar-refractivity contribution in [2.75, 3.05) is 6.79 Å². The molecule has 20 heavy (non-hydrogen) atoms. The Morgan fingerprint density at radius 2 is 2.10 bits per heavy atom. The second-order valence-corrected chi connectivity index (χ2v) is 7.14. The highest BCUT2D eigenvalue weighted by Gasteiger charge is 2.17. The van der Waals surface area contributed by atoms with Crippen LogP contribution in [0.2, 0.25) is 4.34 Å². The molecule has 1 aliphatic rings. The molecule has 0 saturated carbocycles. The van der Waals surface area contributed by atoms with E-state index < -0.39 is 0 Å². The second-order valence-electron chi connectivity index (χ2n) is 4.54. The summed E-state index contributed by atoms with van der Waals surface area (Å²) in [4.78, 5) is 1.23. The first-order valence-corrected chi connectivity index (χ1v) is 8.19. The number of ether oxygens (including phenoxy) is 2. The maximum Gasteiger partial charge on any atom is 0.231 e. The van der Waals surface area contributed by atoms with Gasteiger partial charge in [0, 0.05) is 21.9 Å². The summed E-state index contributed by atoms with van der Waals surface area (Å²) in [6.07, 6.45) is 0. The van der Waals surface area contributed by atoms with E-state index in [0.29, 0.717) is 6.79 Å². The Morgan fingerprint density at radius 3 is 2.80 bits per heavy atom. The highest BCUT2D eigenvalue weighted by molar-refractivity contribution is 9.10. The fourth-order valence-electron chi connectivity index (χ4n) is 2.02. The molecule has 0 unspecified atom stereocenters. The quantitative estimate of drug-likeness (QED) is 0.838. The maximum atomic E-state index is 5.96. The van der Waals surface area contributed by atoms with Gasteiger partial charge >= 0.3 is 0 Å². The standard InChI is InChI=1S/C14H13BrClNO2S/c1-8(13-2-3-14(16)20-13)17-6-9-4-11-12(5-10(9)15)19-7-18-11/h2-5,8,17H,6-7H2,1H3/t8-/m0/s1. The molecule has 0 fully saturated rings. The van der Waals surface area contributed by atoms with Crippen LogP contribution in [0.25, 0.3) is 0 Å². The molecule has 0 aliphatic carbocycles. The van der Waals surface area contributed by atoms with Crippen LogP contribution in [0.4, 0.5) is 0 Å². The molecule has 3 rings (SSSR count). The predicted octanol–water partition coefficient (Wildman–Crippen LogP) is 4.74. The van der Waals surface area contributed by atoms with Gasteiger partial charge in [0.1, 0.15) is 0 Å². The van der Waals surface area contributed by atoms with Crippen LogP contribution in [0.1, 0.15) is 23.4 Å². The number of halogens is 2. The highest BCUT2D eigenvalue weighted by atomic mass is 79.9. The zero-order valence-electron chi connectivity index (χ0n) is 10.8. The lowest BCUT2D eigenvalue weighted by atomic mass is 10.2. The van der Waals surface area contributed by atoms with Crippen molar-refractivity contribution in [1.29, 1.82) is 0 Å². The van der Waals surface area contributed by atoms with Crippen LogP contribution in [-0.2, 0) is 6.54 Å². The van der Waals surface area contributed by atoms with Crippen LogP contribution in [0.15, 0.2) is 28.7 Å². The Balaban J connectivity index is 1.69. The van der Waals surface area contributed by atoms with Crippen molar-refractivity contribution >= 4 is 38.9 Å². The van der Waals surface area contributed by atoms with Crippen LogP contribution in [-0.4, -0.2) is 6.79 Å². The lowest BCUT2D eigenvalue weighted by Gasteiger charge is -2.13. The summed E-state index contributed by atoms with van der Waals surface area (Å²) < 4.78 is 12.6. The molecule has 0 bridgehead atoms. The van der Waals surface area contributed by atoms with Crippen molar-refractivity contribution in [2.45, 2.75) is 19.5 Å². The molecule has 0 saturated heterocycles. The van der Waals surface area contributed by atoms with Crippen LogP contribution >= 0.6 is 38.9 Å². The summed E-state index contributed by atoms with van der Waals surface area (Å²) >= 11 is 11.1. The molecule has 1 N–H and O–H groups in total. The number of hydrogen-bond donors (Lipinski definition) is 1. The van der Waals surface area contributed by atoms with Crippen molar-refractivity contribution in [3.63, 3.8) is 0 Å². The summed E-state index contributed by atoms with van der Waals surface area (Å²) in [6, 6.07) is 8.19. The van der Waals surface area contributed by atoms with Gasteiger partial charge in [-0.2, -0.15) is 0 Å². The van der Waals surface area contributed by atoms with Crippen LogP contribution in [0.5, 0.6) is 11.5 Å². The monoisotopic (exact) mass is 373 g/mol. The summed E-state index contributed by atoms with van der Waals surface area (Å²) in [5.74, 6) is 1.59. The Labute approximate surface area is 135 Å². The average molecular weight is 375 g/mol. The molecule has 1 aliphatic heterocycles. The van der Waals surface area contributed by atoms with Gasteiger partial charge in [0.05, 0.1) is 4.34 Å². The van der Waals surface area contributed by atoms with Gasteiger partial charge in [-0.3, -0.25) is 0 Å². The van der Waals surface area contributed by atoms with Gasteiger partial charge in [-0.1, -0.05) is 27.5 Å². The van der Waals surface area contributed by atoms with Gasteiger partial charge in [-0.05, 0) is 36.8 Å². The summed E-state index contributed by atoms with van der Waals surface area (Å²) in [6.45, 7) is 3.17. The Hall–Kier alpha value is -0.750. The first kappa shape index (κ1) is 14.2. The highest BCUT2D eigenvalue weighted by Crippen LogP contribution is 2.37. The molecule has 6 heteroatoms. The number of rotatable bonds is 4. The molecule has 0 amide bonds. The van der Waals surface area contributed by atoms with Gasteiger partial charge in [0.25, 0.3) is 0 Å². The third-order valence-electron chi connectivity index (χ3n) is 3.16. The van der Waals surface area contributed by atoms with E-state index in [0.717, 1.165) is 32.4 Å². The van der Waals surface area contributed by atoms with Gasteiger partial charge in [-0.15, -0.1) is 11.3 Å². The molecule has 3 nitrogen and oxygen atoms in total. The lowest BCUT2D eigenvalue weighted by molar-refractivity contribution is 0.174. The third kappa shape index (κ3) is 2.96. The third-order valence-corrected chi connectivity index (χ3v) is 5.31. The van der Waals surface area contributed by atoms with E-state index in [-0.39, 0.29) is 6.04 Å². The first-order valence-electron chi connectivity index (χ1n) is 6.20. The van der Waals surface area contributed by atoms with Crippen molar-refractivity contribution in [1.82, 2.24) is 5.32 Å². The molecule has 2 heterocycles. The second kappa shape index (κ2) is 5.93. The SMILES string of the molecule is C[C@H](NCc1cc2c(cc1Br)OCO2)c1ccc(Cl)s1. The molecular weight excluding hydrogens is 362 g/mol. The van der Waals surface area contributed by atoms with Gasteiger partial charge in [0.2, 0.25) is 6.79 Å². The minimum absolute atomic E-state index is 0.254. The van der Waals surface area contributed by atoms with Gasteiger partial charge < -0.3 is 14.8 Å². The molecule has 0 radical (unpaired) electrons. The summed E-state index contributed by atoms with van der Waals surface area (Å²) in [5, 5.41) is 3.49. The predicted molar refractivity (Wildman–Crippen MR) is 84.8 cm³/mol. The van der Waals surface area contributed by atoms with Crippen LogP contribution < -0.4 is 14.8 Å². The van der Waals surface area contributed by atoms with Crippen molar-refractivity contribution in [3.8, 4) is 11.5 Å². The van der Waals surface area contributed by atoms with E-state index in [1.807, 2.05) is 18.2 Å². The van der Waals surface area contributed by atoms with Crippen LogP contribution in [0, 0.1) is 0 Å². The molecule has 2 aromatic rings. The Kier molecular flexibility index (Phi) is 4.21. The van der Waals surface area contributed by atoms with E-state index in [4.69, 9.17) is 21.1 Å². The van der Waals surface area contributed by atoms with E-state index in [1.54, 1.807) is 11.3 Å². The Bertz CT molecular complexity index is 632. The first-order chi connectivity index (χ1) is 9.63. The molecule has 1 aromatic heterocycles. The zero-order chi connectivity index (χ0) is 14.1. The van der Waals surface area contributed by atoms with Crippen molar-refractivity contribution in [3.05, 3.63) is 43.5 Å².